The van der Waals surface area contributed by atoms with Crippen LogP contribution in [0.4, 0.5) is 0 Å². The minimum Gasteiger partial charge on any atom is -0.507 e. The fraction of sp³-hybridized carbons (Fsp3) is 0.364. The molecule has 1 atom stereocenters. The van der Waals surface area contributed by atoms with Gasteiger partial charge in [-0.15, -0.1) is 0 Å². The van der Waals surface area contributed by atoms with Crippen LogP contribution in [-0.4, -0.2) is 73.1 Å². The highest BCUT2D eigenvalue weighted by molar-refractivity contribution is 6.46. The van der Waals surface area contributed by atoms with E-state index in [2.05, 4.69) is 4.90 Å². The molecule has 8 nitrogen and oxygen atoms in total. The summed E-state index contributed by atoms with van der Waals surface area (Å²) >= 11 is 0. The van der Waals surface area contributed by atoms with Crippen LogP contribution in [0, 0.1) is 0 Å². The van der Waals surface area contributed by atoms with Crippen molar-refractivity contribution >= 4 is 17.4 Å². The van der Waals surface area contributed by atoms with Crippen molar-refractivity contribution in [3.8, 4) is 5.75 Å². The van der Waals surface area contributed by atoms with Crippen molar-refractivity contribution in [3.05, 3.63) is 59.6 Å². The summed E-state index contributed by atoms with van der Waals surface area (Å²) in [4.78, 5) is 29.5. The van der Waals surface area contributed by atoms with E-state index in [1.807, 2.05) is 0 Å². The van der Waals surface area contributed by atoms with Crippen LogP contribution in [0.5, 0.6) is 5.75 Å². The summed E-state index contributed by atoms with van der Waals surface area (Å²) in [5.41, 5.74) is 0.419. The predicted molar refractivity (Wildman–Crippen MR) is 108 cm³/mol. The number of rotatable bonds is 6. The smallest absolute Gasteiger partial charge is 0.295 e. The van der Waals surface area contributed by atoms with Gasteiger partial charge in [-0.25, -0.2) is 0 Å². The monoisotopic (exact) mass is 412 g/mol. The summed E-state index contributed by atoms with van der Waals surface area (Å²) in [6, 6.07) is 9.35. The normalized spacial score (nSPS) is 21.9. The molecule has 0 radical (unpaired) electrons. The maximum Gasteiger partial charge on any atom is 0.295 e. The maximum absolute atomic E-state index is 12.9. The number of morpholine rings is 1. The lowest BCUT2D eigenvalue weighted by Crippen LogP contribution is -2.42. The number of Topliss-reactive ketones (excluding diaryl/α,β-unsaturated/α-hetero) is 1. The van der Waals surface area contributed by atoms with Crippen LogP contribution < -0.4 is 4.74 Å². The van der Waals surface area contributed by atoms with Crippen molar-refractivity contribution in [3.63, 3.8) is 0 Å². The quantitative estimate of drug-likeness (QED) is 0.441. The molecule has 0 bridgehead atoms. The number of ether oxygens (including phenoxy) is 2. The minimum absolute atomic E-state index is 0.0187. The highest BCUT2D eigenvalue weighted by Crippen LogP contribution is 2.39. The zero-order valence-corrected chi connectivity index (χ0v) is 16.7. The first-order valence-electron chi connectivity index (χ1n) is 9.86. The van der Waals surface area contributed by atoms with Gasteiger partial charge in [-0.05, 0) is 24.3 Å². The molecule has 30 heavy (non-hydrogen) atoms. The fourth-order valence-corrected chi connectivity index (χ4v) is 3.85. The van der Waals surface area contributed by atoms with Crippen LogP contribution in [0.1, 0.15) is 17.4 Å². The highest BCUT2D eigenvalue weighted by Gasteiger charge is 2.47. The number of aliphatic hydroxyl groups is 1. The molecule has 4 rings (SSSR count). The molecule has 2 fully saturated rings. The van der Waals surface area contributed by atoms with E-state index in [1.165, 1.54) is 18.3 Å². The lowest BCUT2D eigenvalue weighted by molar-refractivity contribution is -0.140. The van der Waals surface area contributed by atoms with Gasteiger partial charge in [-0.1, -0.05) is 12.1 Å². The van der Waals surface area contributed by atoms with Gasteiger partial charge in [0.05, 0.1) is 32.2 Å². The topological polar surface area (TPSA) is 92.5 Å². The van der Waals surface area contributed by atoms with Gasteiger partial charge in [0.1, 0.15) is 23.3 Å². The standard InChI is InChI=1S/C22H24N2O6/c1-28-16-5-2-4-15(14-16)20(25)18-19(17-6-3-11-30-17)24(22(27)21(18)26)8-7-23-9-12-29-13-10-23/h2-6,11,14,19,25H,7-10,12-13H2,1H3. The Morgan fingerprint density at radius 3 is 2.67 bits per heavy atom. The Hall–Kier alpha value is -3.10. The molecule has 0 spiro atoms. The molecular weight excluding hydrogens is 388 g/mol. The first-order chi connectivity index (χ1) is 14.6. The Kier molecular flexibility index (Phi) is 5.87. The molecule has 2 aliphatic heterocycles. The summed E-state index contributed by atoms with van der Waals surface area (Å²) in [6.45, 7) is 3.79. The third kappa shape index (κ3) is 3.83. The van der Waals surface area contributed by atoms with E-state index in [0.717, 1.165) is 13.1 Å². The summed E-state index contributed by atoms with van der Waals surface area (Å²) in [5.74, 6) is -0.647. The number of carbonyl (C=O) groups is 2. The number of benzene rings is 1. The number of hydrogen-bond donors (Lipinski definition) is 1. The number of aliphatic hydroxyl groups excluding tert-OH is 1. The van der Waals surface area contributed by atoms with Crippen LogP contribution >= 0.6 is 0 Å². The van der Waals surface area contributed by atoms with Gasteiger partial charge in [-0.2, -0.15) is 0 Å². The molecule has 2 aromatic rings. The van der Waals surface area contributed by atoms with E-state index >= 15 is 0 Å². The Balaban J connectivity index is 1.69. The van der Waals surface area contributed by atoms with Crippen molar-refractivity contribution in [2.24, 2.45) is 0 Å². The van der Waals surface area contributed by atoms with Crippen molar-refractivity contribution in [1.82, 2.24) is 9.80 Å². The van der Waals surface area contributed by atoms with Gasteiger partial charge in [-0.3, -0.25) is 14.5 Å². The molecular formula is C22H24N2O6. The van der Waals surface area contributed by atoms with Gasteiger partial charge in [0, 0.05) is 31.7 Å². The Bertz CT molecular complexity index is 946. The number of furan rings is 1. The second-order valence-corrected chi connectivity index (χ2v) is 7.19. The first-order valence-corrected chi connectivity index (χ1v) is 9.86. The molecule has 0 aliphatic carbocycles. The van der Waals surface area contributed by atoms with Crippen molar-refractivity contribution < 1.29 is 28.6 Å². The average Bonchev–Trinajstić information content (AvgIpc) is 3.40. The molecule has 1 unspecified atom stereocenters. The van der Waals surface area contributed by atoms with Crippen LogP contribution in [0.15, 0.2) is 52.7 Å². The largest absolute Gasteiger partial charge is 0.507 e. The summed E-state index contributed by atoms with van der Waals surface area (Å²) < 4.78 is 16.1. The van der Waals surface area contributed by atoms with Crippen LogP contribution in [0.2, 0.25) is 0 Å². The third-order valence-corrected chi connectivity index (χ3v) is 5.46. The van der Waals surface area contributed by atoms with Crippen LogP contribution in [0.3, 0.4) is 0 Å². The second-order valence-electron chi connectivity index (χ2n) is 7.19. The van der Waals surface area contributed by atoms with Gasteiger partial charge in [0.2, 0.25) is 0 Å². The summed E-state index contributed by atoms with van der Waals surface area (Å²) in [7, 11) is 1.52. The van der Waals surface area contributed by atoms with Crippen molar-refractivity contribution in [1.29, 1.82) is 0 Å². The number of methoxy groups -OCH3 is 1. The second kappa shape index (κ2) is 8.73. The van der Waals surface area contributed by atoms with E-state index in [0.29, 0.717) is 43.4 Å². The zero-order chi connectivity index (χ0) is 21.1. The van der Waals surface area contributed by atoms with Crippen molar-refractivity contribution in [2.45, 2.75) is 6.04 Å². The zero-order valence-electron chi connectivity index (χ0n) is 16.7. The van der Waals surface area contributed by atoms with Gasteiger partial charge >= 0.3 is 0 Å². The molecule has 2 saturated heterocycles. The van der Waals surface area contributed by atoms with Gasteiger partial charge in [0.15, 0.2) is 0 Å². The molecule has 158 valence electrons. The number of hydrogen-bond acceptors (Lipinski definition) is 7. The summed E-state index contributed by atoms with van der Waals surface area (Å²) in [6.07, 6.45) is 1.49. The number of nitrogens with zero attached hydrogens (tertiary/aromatic N) is 2. The molecule has 2 aliphatic rings. The number of likely N-dealkylation sites (tertiary alicyclic amines) is 1. The van der Waals surface area contributed by atoms with E-state index in [9.17, 15) is 14.7 Å². The number of ketones is 1. The Morgan fingerprint density at radius 2 is 1.97 bits per heavy atom. The molecule has 1 amide bonds. The first kappa shape index (κ1) is 20.2. The van der Waals surface area contributed by atoms with E-state index in [-0.39, 0.29) is 11.3 Å². The minimum atomic E-state index is -0.785. The molecule has 1 aromatic heterocycles. The van der Waals surface area contributed by atoms with E-state index < -0.39 is 17.7 Å². The number of carbonyl (C=O) groups excluding carboxylic acids is 2. The molecule has 1 N–H and O–H groups in total. The van der Waals surface area contributed by atoms with Gasteiger partial charge in [0.25, 0.3) is 11.7 Å². The molecule has 3 heterocycles. The van der Waals surface area contributed by atoms with Crippen LogP contribution in [0.25, 0.3) is 5.76 Å². The average molecular weight is 412 g/mol. The highest BCUT2D eigenvalue weighted by atomic mass is 16.5. The maximum atomic E-state index is 12.9. The van der Waals surface area contributed by atoms with E-state index in [4.69, 9.17) is 13.9 Å². The Morgan fingerprint density at radius 1 is 1.17 bits per heavy atom. The van der Waals surface area contributed by atoms with Gasteiger partial charge < -0.3 is 23.9 Å². The van der Waals surface area contributed by atoms with Crippen molar-refractivity contribution in [2.75, 3.05) is 46.5 Å². The molecule has 1 aromatic carbocycles. The lowest BCUT2D eigenvalue weighted by Gasteiger charge is -2.30. The predicted octanol–water partition coefficient (Wildman–Crippen LogP) is 2.04. The Labute approximate surface area is 174 Å². The summed E-state index contributed by atoms with van der Waals surface area (Å²) in [5, 5.41) is 11.0. The SMILES string of the molecule is COc1cccc(C(O)=C2C(=O)C(=O)N(CCN3CCOCC3)C2c2ccco2)c1. The molecule has 8 heteroatoms. The van der Waals surface area contributed by atoms with E-state index in [1.54, 1.807) is 36.4 Å². The van der Waals surface area contributed by atoms with Crippen LogP contribution in [-0.2, 0) is 14.3 Å². The fourth-order valence-electron chi connectivity index (χ4n) is 3.85. The number of amides is 1. The molecule has 0 saturated carbocycles. The third-order valence-electron chi connectivity index (χ3n) is 5.46. The lowest BCUT2D eigenvalue weighted by atomic mass is 9.99.